The number of aliphatic hydroxyl groups excluding tert-OH is 1. The van der Waals surface area contributed by atoms with E-state index in [1.54, 1.807) is 18.2 Å². The molecule has 18 heavy (non-hydrogen) atoms. The Labute approximate surface area is 105 Å². The van der Waals surface area contributed by atoms with Crippen LogP contribution >= 0.6 is 0 Å². The monoisotopic (exact) mass is 251 g/mol. The largest absolute Gasteiger partial charge is 0.478 e. The van der Waals surface area contributed by atoms with Gasteiger partial charge >= 0.3 is 5.97 Å². The minimum absolute atomic E-state index is 0.00102. The van der Waals surface area contributed by atoms with Crippen molar-refractivity contribution in [3.05, 3.63) is 35.4 Å². The Morgan fingerprint density at radius 3 is 2.56 bits per heavy atom. The summed E-state index contributed by atoms with van der Waals surface area (Å²) in [4.78, 5) is 22.7. The van der Waals surface area contributed by atoms with Gasteiger partial charge in [-0.05, 0) is 18.1 Å². The molecule has 0 radical (unpaired) electrons. The molecular formula is C13H17NO4. The number of nitrogens with one attached hydrogen (secondary N) is 1. The number of carbonyl (C=O) groups excluding carboxylic acids is 1. The molecule has 1 aromatic rings. The second-order valence-corrected chi connectivity index (χ2v) is 3.99. The van der Waals surface area contributed by atoms with E-state index < -0.39 is 5.97 Å². The van der Waals surface area contributed by atoms with Crippen LogP contribution in [-0.4, -0.2) is 34.7 Å². The highest BCUT2D eigenvalue weighted by Gasteiger charge is 2.14. The summed E-state index contributed by atoms with van der Waals surface area (Å²) in [6, 6.07) is 6.11. The number of hydrogen-bond donors (Lipinski definition) is 3. The molecule has 1 atom stereocenters. The highest BCUT2D eigenvalue weighted by atomic mass is 16.4. The lowest BCUT2D eigenvalue weighted by Crippen LogP contribution is -2.38. The molecule has 1 rings (SSSR count). The molecule has 0 heterocycles. The first kappa shape index (κ1) is 14.2. The van der Waals surface area contributed by atoms with E-state index in [1.165, 1.54) is 6.07 Å². The fraction of sp³-hybridized carbons (Fsp3) is 0.385. The topological polar surface area (TPSA) is 86.6 Å². The Kier molecular flexibility index (Phi) is 5.32. The van der Waals surface area contributed by atoms with Gasteiger partial charge in [0.25, 0.3) is 0 Å². The minimum Gasteiger partial charge on any atom is -0.478 e. The van der Waals surface area contributed by atoms with Crippen LogP contribution in [0.3, 0.4) is 0 Å². The van der Waals surface area contributed by atoms with Gasteiger partial charge in [0.15, 0.2) is 0 Å². The molecule has 5 heteroatoms. The van der Waals surface area contributed by atoms with E-state index in [9.17, 15) is 9.59 Å². The van der Waals surface area contributed by atoms with Crippen molar-refractivity contribution in [3.63, 3.8) is 0 Å². The number of rotatable bonds is 6. The van der Waals surface area contributed by atoms with Crippen molar-refractivity contribution >= 4 is 11.9 Å². The van der Waals surface area contributed by atoms with Crippen molar-refractivity contribution in [1.29, 1.82) is 0 Å². The predicted molar refractivity (Wildman–Crippen MR) is 66.4 cm³/mol. The standard InChI is InChI=1S/C13H17NO4/c1-2-10(8-15)14-12(16)7-9-5-3-4-6-11(9)13(17)18/h3-6,10,15H,2,7-8H2,1H3,(H,14,16)(H,17,18)/t10-/m1/s1. The first-order valence-electron chi connectivity index (χ1n) is 5.79. The Hall–Kier alpha value is -1.88. The van der Waals surface area contributed by atoms with E-state index in [-0.39, 0.29) is 30.5 Å². The molecule has 0 aliphatic heterocycles. The Morgan fingerprint density at radius 1 is 1.33 bits per heavy atom. The summed E-state index contributed by atoms with van der Waals surface area (Å²) in [5, 5.41) is 20.6. The molecule has 3 N–H and O–H groups in total. The quantitative estimate of drug-likeness (QED) is 0.698. The zero-order valence-electron chi connectivity index (χ0n) is 10.2. The van der Waals surface area contributed by atoms with E-state index in [0.717, 1.165) is 0 Å². The number of carboxylic acid groups (broad SMARTS) is 1. The number of benzene rings is 1. The highest BCUT2D eigenvalue weighted by Crippen LogP contribution is 2.09. The molecule has 0 fully saturated rings. The minimum atomic E-state index is -1.05. The second-order valence-electron chi connectivity index (χ2n) is 3.99. The smallest absolute Gasteiger partial charge is 0.335 e. The summed E-state index contributed by atoms with van der Waals surface area (Å²) < 4.78 is 0. The van der Waals surface area contributed by atoms with Gasteiger partial charge in [-0.2, -0.15) is 0 Å². The van der Waals surface area contributed by atoms with E-state index in [4.69, 9.17) is 10.2 Å². The first-order chi connectivity index (χ1) is 8.58. The van der Waals surface area contributed by atoms with Gasteiger partial charge in [-0.15, -0.1) is 0 Å². The van der Waals surface area contributed by atoms with Crippen molar-refractivity contribution in [2.75, 3.05) is 6.61 Å². The van der Waals surface area contributed by atoms with Gasteiger partial charge in [0, 0.05) is 0 Å². The zero-order valence-corrected chi connectivity index (χ0v) is 10.2. The maximum atomic E-state index is 11.7. The van der Waals surface area contributed by atoms with Crippen molar-refractivity contribution in [2.24, 2.45) is 0 Å². The molecule has 0 spiro atoms. The zero-order chi connectivity index (χ0) is 13.5. The second kappa shape index (κ2) is 6.76. The molecule has 0 unspecified atom stereocenters. The molecule has 5 nitrogen and oxygen atoms in total. The molecule has 0 aromatic heterocycles. The lowest BCUT2D eigenvalue weighted by Gasteiger charge is -2.14. The van der Waals surface area contributed by atoms with Crippen LogP contribution in [-0.2, 0) is 11.2 Å². The molecule has 98 valence electrons. The van der Waals surface area contributed by atoms with Crippen LogP contribution in [0.4, 0.5) is 0 Å². The molecule has 0 bridgehead atoms. The number of aliphatic hydroxyl groups is 1. The summed E-state index contributed by atoms with van der Waals surface area (Å²) in [6.45, 7) is 1.73. The average Bonchev–Trinajstić information content (AvgIpc) is 2.36. The predicted octanol–water partition coefficient (Wildman–Crippen LogP) is 0.814. The van der Waals surface area contributed by atoms with Crippen LogP contribution in [0, 0.1) is 0 Å². The third-order valence-corrected chi connectivity index (χ3v) is 2.68. The number of aromatic carboxylic acids is 1. The Balaban J connectivity index is 2.73. The van der Waals surface area contributed by atoms with Crippen LogP contribution in [0.15, 0.2) is 24.3 Å². The molecule has 0 saturated heterocycles. The number of carbonyl (C=O) groups is 2. The van der Waals surface area contributed by atoms with Gasteiger partial charge in [0.05, 0.1) is 24.6 Å². The van der Waals surface area contributed by atoms with Crippen molar-refractivity contribution in [2.45, 2.75) is 25.8 Å². The van der Waals surface area contributed by atoms with Crippen molar-refractivity contribution < 1.29 is 19.8 Å². The van der Waals surface area contributed by atoms with Gasteiger partial charge < -0.3 is 15.5 Å². The van der Waals surface area contributed by atoms with Crippen LogP contribution in [0.1, 0.15) is 29.3 Å². The summed E-state index contributed by atoms with van der Waals surface area (Å²) >= 11 is 0. The summed E-state index contributed by atoms with van der Waals surface area (Å²) in [7, 11) is 0. The lowest BCUT2D eigenvalue weighted by molar-refractivity contribution is -0.121. The molecule has 0 saturated carbocycles. The Morgan fingerprint density at radius 2 is 2.00 bits per heavy atom. The van der Waals surface area contributed by atoms with Crippen LogP contribution in [0.5, 0.6) is 0 Å². The van der Waals surface area contributed by atoms with Crippen LogP contribution < -0.4 is 5.32 Å². The number of carboxylic acids is 1. The SMILES string of the molecule is CC[C@H](CO)NC(=O)Cc1ccccc1C(=O)O. The maximum Gasteiger partial charge on any atom is 0.335 e. The van der Waals surface area contributed by atoms with E-state index in [1.807, 2.05) is 6.92 Å². The number of amides is 1. The highest BCUT2D eigenvalue weighted by molar-refractivity contribution is 5.91. The molecule has 1 amide bonds. The average molecular weight is 251 g/mol. The summed E-state index contributed by atoms with van der Waals surface area (Å²) in [5.41, 5.74) is 0.597. The third-order valence-electron chi connectivity index (χ3n) is 2.68. The van der Waals surface area contributed by atoms with Crippen molar-refractivity contribution in [1.82, 2.24) is 5.32 Å². The van der Waals surface area contributed by atoms with Gasteiger partial charge in [0.1, 0.15) is 0 Å². The lowest BCUT2D eigenvalue weighted by atomic mass is 10.0. The normalized spacial score (nSPS) is 11.9. The number of hydrogen-bond acceptors (Lipinski definition) is 3. The maximum absolute atomic E-state index is 11.7. The molecule has 0 aliphatic rings. The van der Waals surface area contributed by atoms with Crippen LogP contribution in [0.2, 0.25) is 0 Å². The van der Waals surface area contributed by atoms with Gasteiger partial charge in [-0.1, -0.05) is 25.1 Å². The molecule has 0 aliphatic carbocycles. The summed E-state index contributed by atoms with van der Waals surface area (Å²) in [6.07, 6.45) is 0.627. The third kappa shape index (κ3) is 3.85. The Bertz CT molecular complexity index is 427. The van der Waals surface area contributed by atoms with E-state index in [2.05, 4.69) is 5.32 Å². The molecule has 1 aromatic carbocycles. The molecular weight excluding hydrogens is 234 g/mol. The fourth-order valence-electron chi connectivity index (χ4n) is 1.61. The van der Waals surface area contributed by atoms with E-state index in [0.29, 0.717) is 12.0 Å². The first-order valence-corrected chi connectivity index (χ1v) is 5.79. The van der Waals surface area contributed by atoms with Gasteiger partial charge in [-0.25, -0.2) is 4.79 Å². The van der Waals surface area contributed by atoms with Crippen LogP contribution in [0.25, 0.3) is 0 Å². The van der Waals surface area contributed by atoms with Gasteiger partial charge in [-0.3, -0.25) is 4.79 Å². The summed E-state index contributed by atoms with van der Waals surface area (Å²) in [5.74, 6) is -1.34. The van der Waals surface area contributed by atoms with Crippen molar-refractivity contribution in [3.8, 4) is 0 Å². The fourth-order valence-corrected chi connectivity index (χ4v) is 1.61. The van der Waals surface area contributed by atoms with Gasteiger partial charge in [0.2, 0.25) is 5.91 Å². The van der Waals surface area contributed by atoms with E-state index >= 15 is 0 Å².